The zero-order chi connectivity index (χ0) is 33.8. The first-order valence-electron chi connectivity index (χ1n) is 15.4. The van der Waals surface area contributed by atoms with E-state index >= 15 is 8.78 Å². The van der Waals surface area contributed by atoms with Crippen LogP contribution in [0.5, 0.6) is 5.75 Å². The van der Waals surface area contributed by atoms with Crippen LogP contribution in [-0.4, -0.2) is 85.3 Å². The van der Waals surface area contributed by atoms with E-state index in [4.69, 9.17) is 14.2 Å². The van der Waals surface area contributed by atoms with Crippen molar-refractivity contribution < 1.29 is 36.2 Å². The second-order valence-corrected chi connectivity index (χ2v) is 14.9. The molecular weight excluding hydrogens is 632 g/mol. The van der Waals surface area contributed by atoms with E-state index in [9.17, 15) is 13.2 Å². The number of sulfone groups is 1. The second-order valence-electron chi connectivity index (χ2n) is 13.0. The minimum atomic E-state index is -3.98. The number of methoxy groups -OCH3 is 1. The summed E-state index contributed by atoms with van der Waals surface area (Å²) >= 11 is 0. The molecule has 4 aromatic rings. The van der Waals surface area contributed by atoms with Crippen molar-refractivity contribution in [3.05, 3.63) is 47.7 Å². The van der Waals surface area contributed by atoms with Crippen molar-refractivity contribution in [2.24, 2.45) is 0 Å². The molecule has 47 heavy (non-hydrogen) atoms. The van der Waals surface area contributed by atoms with Crippen LogP contribution in [0.1, 0.15) is 46.1 Å². The lowest BCUT2D eigenvalue weighted by Crippen LogP contribution is -2.57. The highest BCUT2D eigenvalue weighted by molar-refractivity contribution is 7.90. The van der Waals surface area contributed by atoms with E-state index < -0.39 is 38.3 Å². The molecule has 2 aliphatic rings. The predicted octanol–water partition coefficient (Wildman–Crippen LogP) is 5.66. The highest BCUT2D eigenvalue weighted by Gasteiger charge is 2.45. The minimum absolute atomic E-state index is 0.0715. The topological polar surface area (TPSA) is 124 Å². The molecule has 2 fully saturated rings. The first kappa shape index (κ1) is 32.8. The van der Waals surface area contributed by atoms with E-state index in [1.165, 1.54) is 19.4 Å². The van der Waals surface area contributed by atoms with Crippen LogP contribution in [0.2, 0.25) is 0 Å². The molecule has 2 aliphatic heterocycles. The van der Waals surface area contributed by atoms with Crippen molar-refractivity contribution in [1.82, 2.24) is 19.9 Å². The fourth-order valence-corrected chi connectivity index (χ4v) is 7.05. The molecule has 250 valence electrons. The number of amides is 1. The zero-order valence-corrected chi connectivity index (χ0v) is 28.0. The number of benzene rings is 2. The molecule has 0 saturated carbocycles. The number of carbonyl (C=O) groups excluding carboxylic acids is 1. The maximum absolute atomic E-state index is 16.8. The number of rotatable bonds is 7. The van der Waals surface area contributed by atoms with Gasteiger partial charge in [-0.3, -0.25) is 9.88 Å². The smallest absolute Gasteiger partial charge is 0.410 e. The molecule has 0 spiro atoms. The number of pyridine rings is 1. The van der Waals surface area contributed by atoms with Crippen molar-refractivity contribution in [2.45, 2.75) is 69.8 Å². The third kappa shape index (κ3) is 6.16. The van der Waals surface area contributed by atoms with Crippen LogP contribution in [0.15, 0.2) is 35.6 Å². The SMILES string of the molecule is CCc1c(F)ccc2cc(OCOC)cc(-c3ncc4c(N5CC6CCC(C5)N6C(=O)OC(C)(C)C)nc(S(C)(=O)=O)nc4c3F)c12. The first-order chi connectivity index (χ1) is 22.2. The standard InChI is InChI=1S/C33H37F2N5O6S/c1-7-22-25(34)11-8-18-12-21(45-17-44-5)13-23(26(18)22)28-27(35)29-24(14-36-28)30(38-31(37-29)47(6,42)43)39-15-19-9-10-20(16-39)40(19)32(41)46-33(2,3)4/h8,11-14,19-20H,7,9-10,15-17H2,1-6H3. The molecular formula is C33H37F2N5O6S. The predicted molar refractivity (Wildman–Crippen MR) is 172 cm³/mol. The molecule has 0 N–H and O–H groups in total. The van der Waals surface area contributed by atoms with E-state index in [0.29, 0.717) is 41.6 Å². The van der Waals surface area contributed by atoms with Crippen molar-refractivity contribution in [2.75, 3.05) is 38.1 Å². The van der Waals surface area contributed by atoms with E-state index in [1.807, 2.05) is 25.7 Å². The molecule has 2 atom stereocenters. The van der Waals surface area contributed by atoms with Crippen LogP contribution in [0.4, 0.5) is 19.4 Å². The number of halogens is 2. The Labute approximate surface area is 271 Å². The molecule has 0 aliphatic carbocycles. The number of hydrogen-bond acceptors (Lipinski definition) is 10. The average Bonchev–Trinajstić information content (AvgIpc) is 3.27. The monoisotopic (exact) mass is 669 g/mol. The molecule has 2 saturated heterocycles. The number of nitrogens with zero attached hydrogens (tertiary/aromatic N) is 5. The molecule has 14 heteroatoms. The quantitative estimate of drug-likeness (QED) is 0.180. The molecule has 2 aromatic carbocycles. The van der Waals surface area contributed by atoms with E-state index in [2.05, 4.69) is 15.0 Å². The number of aromatic nitrogens is 3. The van der Waals surface area contributed by atoms with Crippen LogP contribution in [0.3, 0.4) is 0 Å². The van der Waals surface area contributed by atoms with Gasteiger partial charge in [-0.05, 0) is 74.6 Å². The van der Waals surface area contributed by atoms with Crippen LogP contribution in [0.25, 0.3) is 32.9 Å². The summed E-state index contributed by atoms with van der Waals surface area (Å²) < 4.78 is 73.9. The minimum Gasteiger partial charge on any atom is -0.468 e. The van der Waals surface area contributed by atoms with Crippen molar-refractivity contribution in [1.29, 1.82) is 0 Å². The average molecular weight is 670 g/mol. The van der Waals surface area contributed by atoms with Gasteiger partial charge in [-0.15, -0.1) is 0 Å². The van der Waals surface area contributed by atoms with Gasteiger partial charge in [-0.2, -0.15) is 0 Å². The van der Waals surface area contributed by atoms with E-state index in [0.717, 1.165) is 19.1 Å². The van der Waals surface area contributed by atoms with Gasteiger partial charge in [0.1, 0.15) is 34.2 Å². The van der Waals surface area contributed by atoms with Gasteiger partial charge in [0.25, 0.3) is 0 Å². The van der Waals surface area contributed by atoms with E-state index in [-0.39, 0.29) is 46.9 Å². The van der Waals surface area contributed by atoms with Gasteiger partial charge >= 0.3 is 6.09 Å². The molecule has 2 unspecified atom stereocenters. The maximum Gasteiger partial charge on any atom is 0.410 e. The largest absolute Gasteiger partial charge is 0.468 e. The first-order valence-corrected chi connectivity index (χ1v) is 17.3. The van der Waals surface area contributed by atoms with Gasteiger partial charge in [-0.1, -0.05) is 13.0 Å². The summed E-state index contributed by atoms with van der Waals surface area (Å²) in [6.07, 6.45) is 3.75. The van der Waals surface area contributed by atoms with E-state index in [1.54, 1.807) is 30.0 Å². The molecule has 2 bridgehead atoms. The Bertz CT molecular complexity index is 1990. The normalized spacial score (nSPS) is 18.3. The van der Waals surface area contributed by atoms with Crippen LogP contribution in [0, 0.1) is 11.6 Å². The van der Waals surface area contributed by atoms with Gasteiger partial charge in [0.05, 0.1) is 17.5 Å². The second kappa shape index (κ2) is 12.1. The molecule has 6 rings (SSSR count). The molecule has 11 nitrogen and oxygen atoms in total. The van der Waals surface area contributed by atoms with Gasteiger partial charge < -0.3 is 19.1 Å². The number of anilines is 1. The number of piperazine rings is 1. The summed E-state index contributed by atoms with van der Waals surface area (Å²) in [7, 11) is -2.51. The Balaban J connectivity index is 1.51. The summed E-state index contributed by atoms with van der Waals surface area (Å²) in [6, 6.07) is 5.78. The highest BCUT2D eigenvalue weighted by atomic mass is 32.2. The van der Waals surface area contributed by atoms with Gasteiger partial charge in [-0.25, -0.2) is 32.0 Å². The van der Waals surface area contributed by atoms with Crippen molar-refractivity contribution >= 4 is 43.4 Å². The summed E-state index contributed by atoms with van der Waals surface area (Å²) in [5.74, 6) is -0.778. The van der Waals surface area contributed by atoms with Crippen LogP contribution < -0.4 is 9.64 Å². The fraction of sp³-hybridized carbons (Fsp3) is 0.455. The van der Waals surface area contributed by atoms with Crippen molar-refractivity contribution in [3.63, 3.8) is 0 Å². The Morgan fingerprint density at radius 2 is 1.79 bits per heavy atom. The molecule has 1 amide bonds. The summed E-state index contributed by atoms with van der Waals surface area (Å²) in [6.45, 7) is 7.82. The lowest BCUT2D eigenvalue weighted by molar-refractivity contribution is 0.0122. The summed E-state index contributed by atoms with van der Waals surface area (Å²) in [4.78, 5) is 29.8. The maximum atomic E-state index is 16.8. The fourth-order valence-electron chi connectivity index (χ4n) is 6.54. The third-order valence-electron chi connectivity index (χ3n) is 8.46. The number of fused-ring (bicyclic) bond motifs is 4. The van der Waals surface area contributed by atoms with Gasteiger partial charge in [0.15, 0.2) is 12.6 Å². The lowest BCUT2D eigenvalue weighted by Gasteiger charge is -2.42. The Hall–Kier alpha value is -4.17. The summed E-state index contributed by atoms with van der Waals surface area (Å²) in [5.41, 5.74) is -0.422. The Morgan fingerprint density at radius 1 is 1.09 bits per heavy atom. The molecule has 2 aromatic heterocycles. The van der Waals surface area contributed by atoms with Crippen LogP contribution >= 0.6 is 0 Å². The third-order valence-corrected chi connectivity index (χ3v) is 9.30. The van der Waals surface area contributed by atoms with Gasteiger partial charge in [0, 0.05) is 38.2 Å². The summed E-state index contributed by atoms with van der Waals surface area (Å²) in [5, 5.41) is 0.726. The molecule has 4 heterocycles. The van der Waals surface area contributed by atoms with Gasteiger partial charge in [0.2, 0.25) is 15.0 Å². The van der Waals surface area contributed by atoms with Crippen LogP contribution in [-0.2, 0) is 25.7 Å². The number of hydrogen-bond donors (Lipinski definition) is 0. The number of ether oxygens (including phenoxy) is 3. The highest BCUT2D eigenvalue weighted by Crippen LogP contribution is 2.40. The lowest BCUT2D eigenvalue weighted by atomic mass is 9.94. The Morgan fingerprint density at radius 3 is 2.40 bits per heavy atom. The number of aryl methyl sites for hydroxylation is 1. The Kier molecular flexibility index (Phi) is 8.45. The zero-order valence-electron chi connectivity index (χ0n) is 27.1. The number of carbonyl (C=O) groups is 1. The molecule has 0 radical (unpaired) electrons. The van der Waals surface area contributed by atoms with Crippen molar-refractivity contribution in [3.8, 4) is 17.0 Å².